The molecule has 1 heterocycles. The first-order chi connectivity index (χ1) is 9.41. The fraction of sp³-hybridized carbons (Fsp3) is 0.385. The molecule has 7 heteroatoms. The zero-order valence-corrected chi connectivity index (χ0v) is 10.9. The molecule has 0 bridgehead atoms. The number of non-ortho nitro benzene ring substituents is 1. The first kappa shape index (κ1) is 14.0. The van der Waals surface area contributed by atoms with Crippen LogP contribution in [-0.4, -0.2) is 39.4 Å². The van der Waals surface area contributed by atoms with Gasteiger partial charge in [0.15, 0.2) is 0 Å². The Balaban J connectivity index is 2.29. The Morgan fingerprint density at radius 1 is 1.45 bits per heavy atom. The molecule has 0 aliphatic carbocycles. The number of likely N-dealkylation sites (tertiary alicyclic amines) is 1. The molecule has 1 aromatic carbocycles. The Morgan fingerprint density at radius 3 is 2.75 bits per heavy atom. The van der Waals surface area contributed by atoms with Gasteiger partial charge in [0.05, 0.1) is 4.92 Å². The molecule has 1 aliphatic heterocycles. The molecule has 0 saturated carbocycles. The van der Waals surface area contributed by atoms with Gasteiger partial charge in [0.25, 0.3) is 11.6 Å². The fourth-order valence-corrected chi connectivity index (χ4v) is 2.47. The SMILES string of the molecule is CC1CCN(C(=O)c2cccc([N+](=O)[O-])c2)C1C(=O)O. The van der Waals surface area contributed by atoms with Crippen molar-refractivity contribution in [2.24, 2.45) is 5.92 Å². The molecule has 1 amide bonds. The number of rotatable bonds is 3. The van der Waals surface area contributed by atoms with E-state index in [0.29, 0.717) is 13.0 Å². The summed E-state index contributed by atoms with van der Waals surface area (Å²) in [6.45, 7) is 2.12. The van der Waals surface area contributed by atoms with Gasteiger partial charge in [0.2, 0.25) is 0 Å². The van der Waals surface area contributed by atoms with Crippen LogP contribution >= 0.6 is 0 Å². The van der Waals surface area contributed by atoms with Gasteiger partial charge in [-0.15, -0.1) is 0 Å². The van der Waals surface area contributed by atoms with Crippen molar-refractivity contribution in [2.75, 3.05) is 6.54 Å². The van der Waals surface area contributed by atoms with Gasteiger partial charge in [-0.25, -0.2) is 4.79 Å². The summed E-state index contributed by atoms with van der Waals surface area (Å²) in [7, 11) is 0. The molecule has 1 saturated heterocycles. The predicted octanol–water partition coefficient (Wildman–Crippen LogP) is 1.53. The van der Waals surface area contributed by atoms with E-state index >= 15 is 0 Å². The van der Waals surface area contributed by atoms with Crippen LogP contribution in [0.25, 0.3) is 0 Å². The molecule has 2 unspecified atom stereocenters. The molecule has 0 spiro atoms. The van der Waals surface area contributed by atoms with Crippen LogP contribution in [0.15, 0.2) is 24.3 Å². The summed E-state index contributed by atoms with van der Waals surface area (Å²) in [6.07, 6.45) is 0.609. The van der Waals surface area contributed by atoms with Gasteiger partial charge in [0.1, 0.15) is 6.04 Å². The Kier molecular flexibility index (Phi) is 3.69. The number of aliphatic carboxylic acids is 1. The van der Waals surface area contributed by atoms with Crippen molar-refractivity contribution < 1.29 is 19.6 Å². The normalized spacial score (nSPS) is 21.8. The van der Waals surface area contributed by atoms with E-state index in [1.54, 1.807) is 6.92 Å². The number of carbonyl (C=O) groups excluding carboxylic acids is 1. The Morgan fingerprint density at radius 2 is 2.15 bits per heavy atom. The molecule has 1 N–H and O–H groups in total. The standard InChI is InChI=1S/C13H14N2O5/c1-8-5-6-14(11(8)13(17)18)12(16)9-3-2-4-10(7-9)15(19)20/h2-4,7-8,11H,5-6H2,1H3,(H,17,18). The number of nitro benzene ring substituents is 1. The number of hydrogen-bond donors (Lipinski definition) is 1. The van der Waals surface area contributed by atoms with Crippen molar-refractivity contribution >= 4 is 17.6 Å². The minimum Gasteiger partial charge on any atom is -0.480 e. The van der Waals surface area contributed by atoms with Crippen molar-refractivity contribution in [3.05, 3.63) is 39.9 Å². The number of hydrogen-bond acceptors (Lipinski definition) is 4. The molecule has 0 radical (unpaired) electrons. The Labute approximate surface area is 115 Å². The summed E-state index contributed by atoms with van der Waals surface area (Å²) in [4.78, 5) is 34.9. The fourth-order valence-electron chi connectivity index (χ4n) is 2.47. The Bertz CT molecular complexity index is 572. The number of carbonyl (C=O) groups is 2. The van der Waals surface area contributed by atoms with Gasteiger partial charge in [-0.1, -0.05) is 13.0 Å². The molecule has 1 aromatic rings. The third kappa shape index (κ3) is 2.47. The first-order valence-electron chi connectivity index (χ1n) is 6.20. The second-order valence-electron chi connectivity index (χ2n) is 4.86. The number of amides is 1. The van der Waals surface area contributed by atoms with E-state index in [9.17, 15) is 24.8 Å². The summed E-state index contributed by atoms with van der Waals surface area (Å²) in [6, 6.07) is 4.46. The highest BCUT2D eigenvalue weighted by Gasteiger charge is 2.39. The van der Waals surface area contributed by atoms with E-state index in [2.05, 4.69) is 0 Å². The van der Waals surface area contributed by atoms with Crippen molar-refractivity contribution in [1.82, 2.24) is 4.90 Å². The van der Waals surface area contributed by atoms with E-state index in [4.69, 9.17) is 0 Å². The monoisotopic (exact) mass is 278 g/mol. The predicted molar refractivity (Wildman–Crippen MR) is 69.3 cm³/mol. The van der Waals surface area contributed by atoms with E-state index in [1.807, 2.05) is 0 Å². The number of carboxylic acids is 1. The molecule has 2 rings (SSSR count). The van der Waals surface area contributed by atoms with E-state index in [-0.39, 0.29) is 17.2 Å². The van der Waals surface area contributed by atoms with Crippen molar-refractivity contribution in [2.45, 2.75) is 19.4 Å². The highest BCUT2D eigenvalue weighted by molar-refractivity contribution is 5.97. The van der Waals surface area contributed by atoms with Gasteiger partial charge >= 0.3 is 5.97 Å². The van der Waals surface area contributed by atoms with Crippen LogP contribution < -0.4 is 0 Å². The number of nitro groups is 1. The van der Waals surface area contributed by atoms with Crippen LogP contribution in [0.3, 0.4) is 0 Å². The zero-order chi connectivity index (χ0) is 14.9. The lowest BCUT2D eigenvalue weighted by Crippen LogP contribution is -2.42. The Hall–Kier alpha value is -2.44. The van der Waals surface area contributed by atoms with Crippen LogP contribution in [-0.2, 0) is 4.79 Å². The molecule has 106 valence electrons. The number of carboxylic acid groups (broad SMARTS) is 1. The molecular formula is C13H14N2O5. The summed E-state index contributed by atoms with van der Waals surface area (Å²) < 4.78 is 0. The van der Waals surface area contributed by atoms with Gasteiger partial charge < -0.3 is 10.0 Å². The third-order valence-corrected chi connectivity index (χ3v) is 3.52. The zero-order valence-electron chi connectivity index (χ0n) is 10.9. The smallest absolute Gasteiger partial charge is 0.326 e. The van der Waals surface area contributed by atoms with E-state index in [0.717, 1.165) is 0 Å². The number of benzene rings is 1. The average molecular weight is 278 g/mol. The lowest BCUT2D eigenvalue weighted by atomic mass is 10.0. The van der Waals surface area contributed by atoms with Crippen LogP contribution in [0.5, 0.6) is 0 Å². The van der Waals surface area contributed by atoms with Crippen LogP contribution in [0.4, 0.5) is 5.69 Å². The maximum Gasteiger partial charge on any atom is 0.326 e. The maximum atomic E-state index is 12.3. The van der Waals surface area contributed by atoms with Gasteiger partial charge in [0, 0.05) is 24.2 Å². The summed E-state index contributed by atoms with van der Waals surface area (Å²) in [5.41, 5.74) is -0.0467. The molecule has 7 nitrogen and oxygen atoms in total. The number of nitrogens with zero attached hydrogens (tertiary/aromatic N) is 2. The minimum absolute atomic E-state index is 0.129. The van der Waals surface area contributed by atoms with Crippen LogP contribution in [0, 0.1) is 16.0 Å². The van der Waals surface area contributed by atoms with Gasteiger partial charge in [-0.3, -0.25) is 14.9 Å². The maximum absolute atomic E-state index is 12.3. The van der Waals surface area contributed by atoms with Crippen LogP contribution in [0.1, 0.15) is 23.7 Å². The molecule has 2 atom stereocenters. The summed E-state index contributed by atoms with van der Waals surface area (Å²) in [5, 5.41) is 19.9. The van der Waals surface area contributed by atoms with Crippen LogP contribution in [0.2, 0.25) is 0 Å². The lowest BCUT2D eigenvalue weighted by molar-refractivity contribution is -0.384. The molecule has 1 aliphatic rings. The highest BCUT2D eigenvalue weighted by Crippen LogP contribution is 2.26. The third-order valence-electron chi connectivity index (χ3n) is 3.52. The lowest BCUT2D eigenvalue weighted by Gasteiger charge is -2.23. The minimum atomic E-state index is -1.05. The average Bonchev–Trinajstić information content (AvgIpc) is 2.80. The largest absolute Gasteiger partial charge is 0.480 e. The second-order valence-corrected chi connectivity index (χ2v) is 4.86. The summed E-state index contributed by atoms with van der Waals surface area (Å²) >= 11 is 0. The highest BCUT2D eigenvalue weighted by atomic mass is 16.6. The van der Waals surface area contributed by atoms with Crippen molar-refractivity contribution in [1.29, 1.82) is 0 Å². The topological polar surface area (TPSA) is 101 Å². The first-order valence-corrected chi connectivity index (χ1v) is 6.20. The quantitative estimate of drug-likeness (QED) is 0.667. The molecule has 20 heavy (non-hydrogen) atoms. The van der Waals surface area contributed by atoms with Crippen molar-refractivity contribution in [3.8, 4) is 0 Å². The summed E-state index contributed by atoms with van der Waals surface area (Å²) in [5.74, 6) is -1.66. The molecular weight excluding hydrogens is 264 g/mol. The second kappa shape index (κ2) is 5.28. The molecule has 1 fully saturated rings. The van der Waals surface area contributed by atoms with Crippen molar-refractivity contribution in [3.63, 3.8) is 0 Å². The van der Waals surface area contributed by atoms with E-state index < -0.39 is 22.8 Å². The molecule has 0 aromatic heterocycles. The van der Waals surface area contributed by atoms with Gasteiger partial charge in [-0.2, -0.15) is 0 Å². The van der Waals surface area contributed by atoms with E-state index in [1.165, 1.54) is 29.2 Å². The van der Waals surface area contributed by atoms with Gasteiger partial charge in [-0.05, 0) is 18.4 Å².